The number of benzene rings is 2. The third kappa shape index (κ3) is 5.09. The zero-order valence-electron chi connectivity index (χ0n) is 13.6. The molecule has 0 aliphatic carbocycles. The molecule has 0 unspecified atom stereocenters. The lowest BCUT2D eigenvalue weighted by Crippen LogP contribution is -2.13. The summed E-state index contributed by atoms with van der Waals surface area (Å²) >= 11 is 5.82. The fourth-order valence-corrected chi connectivity index (χ4v) is 2.40. The smallest absolute Gasteiger partial charge is 0.225 e. The van der Waals surface area contributed by atoms with Crippen molar-refractivity contribution in [3.63, 3.8) is 0 Å². The van der Waals surface area contributed by atoms with Gasteiger partial charge in [0.15, 0.2) is 5.82 Å². The molecule has 0 bridgehead atoms. The van der Waals surface area contributed by atoms with Gasteiger partial charge in [0.1, 0.15) is 5.75 Å². The summed E-state index contributed by atoms with van der Waals surface area (Å²) in [5.74, 6) is 1.19. The Morgan fingerprint density at radius 2 is 1.84 bits per heavy atom. The van der Waals surface area contributed by atoms with E-state index in [4.69, 9.17) is 16.3 Å². The van der Waals surface area contributed by atoms with E-state index in [0.717, 1.165) is 11.4 Å². The molecule has 3 aromatic rings. The SMILES string of the molecule is O=C(CCCOc1ccc(Cl)cc1)Nc1ccn(-c2ccccc2)n1. The topological polar surface area (TPSA) is 56.1 Å². The first-order chi connectivity index (χ1) is 12.2. The van der Waals surface area contributed by atoms with Gasteiger partial charge in [-0.05, 0) is 42.8 Å². The van der Waals surface area contributed by atoms with Gasteiger partial charge in [0.2, 0.25) is 5.91 Å². The summed E-state index contributed by atoms with van der Waals surface area (Å²) in [6, 6.07) is 18.7. The second-order valence-corrected chi connectivity index (χ2v) is 5.87. The van der Waals surface area contributed by atoms with Gasteiger partial charge in [0.25, 0.3) is 0 Å². The van der Waals surface area contributed by atoms with Crippen LogP contribution in [0.4, 0.5) is 5.82 Å². The Balaban J connectivity index is 1.42. The van der Waals surface area contributed by atoms with E-state index in [-0.39, 0.29) is 5.91 Å². The van der Waals surface area contributed by atoms with Crippen LogP contribution in [0.1, 0.15) is 12.8 Å². The van der Waals surface area contributed by atoms with E-state index < -0.39 is 0 Å². The number of amides is 1. The van der Waals surface area contributed by atoms with Gasteiger partial charge in [0, 0.05) is 23.7 Å². The summed E-state index contributed by atoms with van der Waals surface area (Å²) in [7, 11) is 0. The van der Waals surface area contributed by atoms with Gasteiger partial charge in [-0.25, -0.2) is 4.68 Å². The van der Waals surface area contributed by atoms with Crippen molar-refractivity contribution in [3.8, 4) is 11.4 Å². The summed E-state index contributed by atoms with van der Waals surface area (Å²) in [6.07, 6.45) is 2.80. The average Bonchev–Trinajstić information content (AvgIpc) is 3.09. The van der Waals surface area contributed by atoms with Crippen LogP contribution in [-0.2, 0) is 4.79 Å². The molecule has 0 radical (unpaired) electrons. The first-order valence-electron chi connectivity index (χ1n) is 8.00. The van der Waals surface area contributed by atoms with Crippen LogP contribution in [0.2, 0.25) is 5.02 Å². The molecule has 1 heterocycles. The van der Waals surface area contributed by atoms with E-state index >= 15 is 0 Å². The van der Waals surface area contributed by atoms with E-state index in [1.165, 1.54) is 0 Å². The minimum atomic E-state index is -0.0852. The molecular formula is C19H18ClN3O2. The lowest BCUT2D eigenvalue weighted by molar-refractivity contribution is -0.116. The lowest BCUT2D eigenvalue weighted by atomic mass is 10.3. The van der Waals surface area contributed by atoms with E-state index in [1.54, 1.807) is 35.0 Å². The Bertz CT molecular complexity index is 816. The highest BCUT2D eigenvalue weighted by molar-refractivity contribution is 6.30. The summed E-state index contributed by atoms with van der Waals surface area (Å²) < 4.78 is 7.29. The molecule has 25 heavy (non-hydrogen) atoms. The van der Waals surface area contributed by atoms with Crippen molar-refractivity contribution in [1.29, 1.82) is 0 Å². The molecule has 2 aromatic carbocycles. The largest absolute Gasteiger partial charge is 0.494 e. The van der Waals surface area contributed by atoms with E-state index in [1.807, 2.05) is 36.5 Å². The second kappa shape index (κ2) is 8.35. The highest BCUT2D eigenvalue weighted by Crippen LogP contribution is 2.16. The second-order valence-electron chi connectivity index (χ2n) is 5.44. The van der Waals surface area contributed by atoms with Crippen LogP contribution in [0.15, 0.2) is 66.9 Å². The summed E-state index contributed by atoms with van der Waals surface area (Å²) in [4.78, 5) is 12.0. The van der Waals surface area contributed by atoms with Crippen molar-refractivity contribution in [2.24, 2.45) is 0 Å². The van der Waals surface area contributed by atoms with Gasteiger partial charge in [-0.2, -0.15) is 5.10 Å². The van der Waals surface area contributed by atoms with E-state index in [0.29, 0.717) is 30.3 Å². The third-order valence-electron chi connectivity index (χ3n) is 3.51. The molecule has 3 rings (SSSR count). The molecule has 0 aliphatic rings. The highest BCUT2D eigenvalue weighted by atomic mass is 35.5. The fourth-order valence-electron chi connectivity index (χ4n) is 2.27. The first-order valence-corrected chi connectivity index (χ1v) is 8.38. The number of carbonyl (C=O) groups excluding carboxylic acids is 1. The van der Waals surface area contributed by atoms with E-state index in [2.05, 4.69) is 10.4 Å². The van der Waals surface area contributed by atoms with Gasteiger partial charge < -0.3 is 10.1 Å². The van der Waals surface area contributed by atoms with Crippen LogP contribution in [0, 0.1) is 0 Å². The summed E-state index contributed by atoms with van der Waals surface area (Å²) in [5.41, 5.74) is 0.944. The monoisotopic (exact) mass is 355 g/mol. The molecule has 0 fully saturated rings. The van der Waals surface area contributed by atoms with Crippen LogP contribution in [0.25, 0.3) is 5.69 Å². The number of ether oxygens (including phenoxy) is 1. The minimum Gasteiger partial charge on any atom is -0.494 e. The molecule has 0 atom stereocenters. The van der Waals surface area contributed by atoms with E-state index in [9.17, 15) is 4.79 Å². The van der Waals surface area contributed by atoms with Crippen molar-refractivity contribution in [2.45, 2.75) is 12.8 Å². The predicted molar refractivity (Wildman–Crippen MR) is 98.4 cm³/mol. The maximum absolute atomic E-state index is 12.0. The maximum atomic E-state index is 12.0. The molecule has 128 valence electrons. The molecule has 1 amide bonds. The van der Waals surface area contributed by atoms with Crippen LogP contribution < -0.4 is 10.1 Å². The number of nitrogens with one attached hydrogen (secondary N) is 1. The first kappa shape index (κ1) is 17.0. The van der Waals surface area contributed by atoms with Crippen molar-refractivity contribution in [3.05, 3.63) is 71.9 Å². The zero-order valence-corrected chi connectivity index (χ0v) is 14.3. The highest BCUT2D eigenvalue weighted by Gasteiger charge is 2.06. The number of carbonyl (C=O) groups is 1. The zero-order chi connectivity index (χ0) is 17.5. The Kier molecular flexibility index (Phi) is 5.69. The third-order valence-corrected chi connectivity index (χ3v) is 3.76. The normalized spacial score (nSPS) is 10.4. The number of anilines is 1. The Morgan fingerprint density at radius 1 is 1.08 bits per heavy atom. The van der Waals surface area contributed by atoms with Gasteiger partial charge in [-0.3, -0.25) is 4.79 Å². The lowest BCUT2D eigenvalue weighted by Gasteiger charge is -2.06. The van der Waals surface area contributed by atoms with Crippen molar-refractivity contribution < 1.29 is 9.53 Å². The number of hydrogen-bond acceptors (Lipinski definition) is 3. The minimum absolute atomic E-state index is 0.0852. The number of rotatable bonds is 7. The molecule has 1 aromatic heterocycles. The molecule has 0 spiro atoms. The molecule has 0 aliphatic heterocycles. The van der Waals surface area contributed by atoms with Crippen LogP contribution >= 0.6 is 11.6 Å². The van der Waals surface area contributed by atoms with Crippen LogP contribution in [0.5, 0.6) is 5.75 Å². The Morgan fingerprint density at radius 3 is 2.60 bits per heavy atom. The quantitative estimate of drug-likeness (QED) is 0.642. The molecule has 5 nitrogen and oxygen atoms in total. The average molecular weight is 356 g/mol. The number of nitrogens with zero attached hydrogens (tertiary/aromatic N) is 2. The summed E-state index contributed by atoms with van der Waals surface area (Å²) in [5, 5.41) is 7.81. The number of para-hydroxylation sites is 1. The standard InChI is InChI=1S/C19H18ClN3O2/c20-15-8-10-17(11-9-15)25-14-4-7-19(24)21-18-12-13-23(22-18)16-5-2-1-3-6-16/h1-3,5-6,8-13H,4,7,14H2,(H,21,22,24). The fraction of sp³-hybridized carbons (Fsp3) is 0.158. The number of hydrogen-bond donors (Lipinski definition) is 1. The van der Waals surface area contributed by atoms with Crippen molar-refractivity contribution in [1.82, 2.24) is 9.78 Å². The van der Waals surface area contributed by atoms with Crippen LogP contribution in [-0.4, -0.2) is 22.3 Å². The molecule has 1 N–H and O–H groups in total. The molecule has 0 saturated heterocycles. The van der Waals surface area contributed by atoms with Crippen molar-refractivity contribution in [2.75, 3.05) is 11.9 Å². The molecule has 6 heteroatoms. The number of halogens is 1. The van der Waals surface area contributed by atoms with Crippen molar-refractivity contribution >= 4 is 23.3 Å². The van der Waals surface area contributed by atoms with Gasteiger partial charge in [-0.1, -0.05) is 29.8 Å². The Labute approximate surface area is 151 Å². The van der Waals surface area contributed by atoms with Crippen LogP contribution in [0.3, 0.4) is 0 Å². The number of aromatic nitrogens is 2. The maximum Gasteiger partial charge on any atom is 0.225 e. The molecular weight excluding hydrogens is 338 g/mol. The predicted octanol–water partition coefficient (Wildman–Crippen LogP) is 4.32. The van der Waals surface area contributed by atoms with Gasteiger partial charge in [0.05, 0.1) is 12.3 Å². The summed E-state index contributed by atoms with van der Waals surface area (Å²) in [6.45, 7) is 0.466. The molecule has 0 saturated carbocycles. The van der Waals surface area contributed by atoms with Gasteiger partial charge >= 0.3 is 0 Å². The Hall–Kier alpha value is -2.79. The van der Waals surface area contributed by atoms with Gasteiger partial charge in [-0.15, -0.1) is 0 Å².